The molecule has 0 aliphatic carbocycles. The van der Waals surface area contributed by atoms with Gasteiger partial charge in [0.2, 0.25) is 15.7 Å². The van der Waals surface area contributed by atoms with E-state index < -0.39 is 26.7 Å². The fourth-order valence-corrected chi connectivity index (χ4v) is 4.41. The molecule has 0 bridgehead atoms. The maximum atomic E-state index is 12.6. The van der Waals surface area contributed by atoms with Gasteiger partial charge in [0, 0.05) is 36.9 Å². The summed E-state index contributed by atoms with van der Waals surface area (Å²) in [7, 11) is -4.06. The average Bonchev–Trinajstić information content (AvgIpc) is 3.29. The zero-order chi connectivity index (χ0) is 22.6. The lowest BCUT2D eigenvalue weighted by atomic mass is 10.2. The van der Waals surface area contributed by atoms with Crippen molar-refractivity contribution in [1.29, 1.82) is 0 Å². The minimum Gasteiger partial charge on any atom is -0.484 e. The van der Waals surface area contributed by atoms with Crippen LogP contribution in [0.5, 0.6) is 5.75 Å². The Labute approximate surface area is 190 Å². The lowest BCUT2D eigenvalue weighted by Crippen LogP contribution is -2.50. The summed E-state index contributed by atoms with van der Waals surface area (Å²) in [5.74, 6) is -0.711. The van der Waals surface area contributed by atoms with Crippen LogP contribution in [0, 0.1) is 0 Å². The molecule has 0 N–H and O–H groups in total. The van der Waals surface area contributed by atoms with E-state index in [1.54, 1.807) is 24.3 Å². The molecule has 4 rings (SSSR count). The van der Waals surface area contributed by atoms with Crippen molar-refractivity contribution in [2.75, 3.05) is 36.8 Å². The molecule has 0 unspecified atom stereocenters. The second-order valence-corrected chi connectivity index (χ2v) is 9.47. The van der Waals surface area contributed by atoms with Crippen molar-refractivity contribution in [3.05, 3.63) is 65.5 Å². The molecular formula is C21H21ClN4O5S. The molecule has 2 aromatic carbocycles. The summed E-state index contributed by atoms with van der Waals surface area (Å²) in [4.78, 5) is 16.3. The third-order valence-corrected chi connectivity index (χ3v) is 6.53. The standard InChI is InChI=1S/C21H21ClN4O5S/c22-16-6-8-18(9-7-16)30-14-19-23-24-21(31-19)32(28,29)15-20(27)26-12-10-25(11-13-26)17-4-2-1-3-5-17/h1-9H,10-15H2. The fourth-order valence-electron chi connectivity index (χ4n) is 3.27. The number of nitrogens with zero attached hydrogens (tertiary/aromatic N) is 4. The number of rotatable bonds is 7. The minimum absolute atomic E-state index is 0.0116. The summed E-state index contributed by atoms with van der Waals surface area (Å²) in [5.41, 5.74) is 1.08. The lowest BCUT2D eigenvalue weighted by Gasteiger charge is -2.36. The van der Waals surface area contributed by atoms with Crippen LogP contribution in [0.1, 0.15) is 5.89 Å². The average molecular weight is 477 g/mol. The van der Waals surface area contributed by atoms with Crippen molar-refractivity contribution in [2.24, 2.45) is 0 Å². The molecule has 168 valence electrons. The Hall–Kier alpha value is -3.11. The Kier molecular flexibility index (Phi) is 6.61. The summed E-state index contributed by atoms with van der Waals surface area (Å²) >= 11 is 5.82. The van der Waals surface area contributed by atoms with E-state index in [1.807, 2.05) is 30.3 Å². The number of piperazine rings is 1. The molecule has 0 saturated carbocycles. The molecule has 3 aromatic rings. The topological polar surface area (TPSA) is 106 Å². The monoisotopic (exact) mass is 476 g/mol. The van der Waals surface area contributed by atoms with E-state index in [2.05, 4.69) is 15.1 Å². The molecule has 1 aromatic heterocycles. The van der Waals surface area contributed by atoms with E-state index in [0.717, 1.165) is 5.69 Å². The van der Waals surface area contributed by atoms with Gasteiger partial charge in [-0.2, -0.15) is 0 Å². The molecule has 2 heterocycles. The Balaban J connectivity index is 1.31. The number of sulfone groups is 1. The van der Waals surface area contributed by atoms with Gasteiger partial charge in [-0.3, -0.25) is 4.79 Å². The van der Waals surface area contributed by atoms with Gasteiger partial charge in [0.1, 0.15) is 11.5 Å². The van der Waals surface area contributed by atoms with Crippen LogP contribution < -0.4 is 9.64 Å². The first-order valence-corrected chi connectivity index (χ1v) is 11.9. The number of aromatic nitrogens is 2. The maximum absolute atomic E-state index is 12.6. The van der Waals surface area contributed by atoms with Gasteiger partial charge in [0.25, 0.3) is 5.89 Å². The highest BCUT2D eigenvalue weighted by atomic mass is 35.5. The molecule has 9 nitrogen and oxygen atoms in total. The number of amides is 1. The normalized spacial score (nSPS) is 14.4. The van der Waals surface area contributed by atoms with E-state index >= 15 is 0 Å². The van der Waals surface area contributed by atoms with Crippen LogP contribution in [-0.4, -0.2) is 61.4 Å². The van der Waals surface area contributed by atoms with E-state index in [-0.39, 0.29) is 12.5 Å². The van der Waals surface area contributed by atoms with E-state index in [1.165, 1.54) is 4.90 Å². The molecule has 0 spiro atoms. The first-order valence-electron chi connectivity index (χ1n) is 9.92. The maximum Gasteiger partial charge on any atom is 0.336 e. The van der Waals surface area contributed by atoms with Crippen molar-refractivity contribution in [3.63, 3.8) is 0 Å². The number of carbonyl (C=O) groups excluding carboxylic acids is 1. The van der Waals surface area contributed by atoms with Gasteiger partial charge >= 0.3 is 5.22 Å². The summed E-state index contributed by atoms with van der Waals surface area (Å²) in [6.45, 7) is 2.02. The summed E-state index contributed by atoms with van der Waals surface area (Å²) in [5, 5.41) is 7.25. The first kappa shape index (κ1) is 22.1. The highest BCUT2D eigenvalue weighted by Crippen LogP contribution is 2.19. The predicted molar refractivity (Wildman–Crippen MR) is 117 cm³/mol. The first-order chi connectivity index (χ1) is 15.4. The smallest absolute Gasteiger partial charge is 0.336 e. The van der Waals surface area contributed by atoms with Crippen molar-refractivity contribution in [3.8, 4) is 5.75 Å². The predicted octanol–water partition coefficient (Wildman–Crippen LogP) is 2.42. The third kappa shape index (κ3) is 5.38. The number of para-hydroxylation sites is 1. The van der Waals surface area contributed by atoms with Crippen LogP contribution in [-0.2, 0) is 21.2 Å². The third-order valence-electron chi connectivity index (χ3n) is 4.96. The lowest BCUT2D eigenvalue weighted by molar-refractivity contribution is -0.128. The number of hydrogen-bond donors (Lipinski definition) is 0. The van der Waals surface area contributed by atoms with Gasteiger partial charge in [-0.15, -0.1) is 5.10 Å². The Morgan fingerprint density at radius 3 is 2.38 bits per heavy atom. The molecule has 0 atom stereocenters. The molecule has 0 radical (unpaired) electrons. The van der Waals surface area contributed by atoms with Crippen LogP contribution in [0.25, 0.3) is 0 Å². The molecule has 1 saturated heterocycles. The molecule has 1 amide bonds. The number of benzene rings is 2. The SMILES string of the molecule is O=C(CS(=O)(=O)c1nnc(COc2ccc(Cl)cc2)o1)N1CCN(c2ccccc2)CC1. The van der Waals surface area contributed by atoms with Gasteiger partial charge in [-0.25, -0.2) is 8.42 Å². The molecule has 1 aliphatic rings. The Bertz CT molecular complexity index is 1160. The quantitative estimate of drug-likeness (QED) is 0.512. The summed E-state index contributed by atoms with van der Waals surface area (Å²) in [6.07, 6.45) is 0. The molecule has 1 fully saturated rings. The number of halogens is 1. The molecule has 11 heteroatoms. The van der Waals surface area contributed by atoms with Gasteiger partial charge in [-0.1, -0.05) is 34.9 Å². The fraction of sp³-hybridized carbons (Fsp3) is 0.286. The van der Waals surface area contributed by atoms with Gasteiger partial charge in [0.15, 0.2) is 6.61 Å². The van der Waals surface area contributed by atoms with Gasteiger partial charge < -0.3 is 19.0 Å². The Morgan fingerprint density at radius 2 is 1.69 bits per heavy atom. The second-order valence-electron chi connectivity index (χ2n) is 7.17. The van der Waals surface area contributed by atoms with Gasteiger partial charge in [0.05, 0.1) is 0 Å². The number of carbonyl (C=O) groups is 1. The van der Waals surface area contributed by atoms with E-state index in [4.69, 9.17) is 20.8 Å². The minimum atomic E-state index is -4.06. The van der Waals surface area contributed by atoms with Crippen molar-refractivity contribution < 1.29 is 22.4 Å². The van der Waals surface area contributed by atoms with Crippen LogP contribution in [0.3, 0.4) is 0 Å². The van der Waals surface area contributed by atoms with Crippen molar-refractivity contribution in [1.82, 2.24) is 15.1 Å². The highest BCUT2D eigenvalue weighted by molar-refractivity contribution is 7.91. The molecular weight excluding hydrogens is 456 g/mol. The van der Waals surface area contributed by atoms with Crippen LogP contribution in [0.4, 0.5) is 5.69 Å². The van der Waals surface area contributed by atoms with Crippen molar-refractivity contribution in [2.45, 2.75) is 11.8 Å². The number of ether oxygens (including phenoxy) is 1. The van der Waals surface area contributed by atoms with Crippen LogP contribution in [0.15, 0.2) is 64.2 Å². The van der Waals surface area contributed by atoms with Gasteiger partial charge in [-0.05, 0) is 36.4 Å². The highest BCUT2D eigenvalue weighted by Gasteiger charge is 2.30. The van der Waals surface area contributed by atoms with Crippen LogP contribution in [0.2, 0.25) is 5.02 Å². The largest absolute Gasteiger partial charge is 0.484 e. The summed E-state index contributed by atoms with van der Waals surface area (Å²) < 4.78 is 35.9. The molecule has 32 heavy (non-hydrogen) atoms. The van der Waals surface area contributed by atoms with Crippen molar-refractivity contribution >= 4 is 33.0 Å². The number of anilines is 1. The zero-order valence-electron chi connectivity index (χ0n) is 17.1. The second kappa shape index (κ2) is 9.58. The van der Waals surface area contributed by atoms with E-state index in [0.29, 0.717) is 37.0 Å². The Morgan fingerprint density at radius 1 is 1.00 bits per heavy atom. The van der Waals surface area contributed by atoms with Crippen LogP contribution >= 0.6 is 11.6 Å². The van der Waals surface area contributed by atoms with E-state index in [9.17, 15) is 13.2 Å². The summed E-state index contributed by atoms with van der Waals surface area (Å²) in [6, 6.07) is 16.5. The zero-order valence-corrected chi connectivity index (χ0v) is 18.6. The number of hydrogen-bond acceptors (Lipinski definition) is 8. The molecule has 1 aliphatic heterocycles.